The normalized spacial score (nSPS) is 19.1. The molecule has 2 aromatic carbocycles. The lowest BCUT2D eigenvalue weighted by Gasteiger charge is -2.23. The number of hydrogen-bond donors (Lipinski definition) is 0. The van der Waals surface area contributed by atoms with Crippen molar-refractivity contribution in [3.8, 4) is 0 Å². The van der Waals surface area contributed by atoms with E-state index in [-0.39, 0.29) is 17.6 Å². The quantitative estimate of drug-likeness (QED) is 0.290. The van der Waals surface area contributed by atoms with Crippen LogP contribution in [-0.2, 0) is 4.79 Å². The molecule has 0 bridgehead atoms. The molecule has 144 valence electrons. The molecule has 7 heteroatoms. The Labute approximate surface area is 168 Å². The number of Topliss-reactive ketones (excluding diaryl/α,β-unsaturated/α-hetero) is 1. The third-order valence-electron chi connectivity index (χ3n) is 4.91. The van der Waals surface area contributed by atoms with E-state index in [9.17, 15) is 4.79 Å². The van der Waals surface area contributed by atoms with Crippen molar-refractivity contribution in [3.63, 3.8) is 0 Å². The molecule has 0 radical (unpaired) electrons. The van der Waals surface area contributed by atoms with E-state index >= 15 is 0 Å². The molecule has 0 aromatic heterocycles. The van der Waals surface area contributed by atoms with Gasteiger partial charge < -0.3 is 0 Å². The number of carbonyl (C=O) groups excluding carboxylic acids is 1. The zero-order valence-electron chi connectivity index (χ0n) is 15.8. The van der Waals surface area contributed by atoms with Crippen LogP contribution < -0.4 is 0 Å². The van der Waals surface area contributed by atoms with Crippen LogP contribution in [0, 0.1) is 11.8 Å². The van der Waals surface area contributed by atoms with Crippen molar-refractivity contribution >= 4 is 29.3 Å². The van der Waals surface area contributed by atoms with Gasteiger partial charge in [0.25, 0.3) is 0 Å². The van der Waals surface area contributed by atoms with E-state index in [1.165, 1.54) is 0 Å². The van der Waals surface area contributed by atoms with Gasteiger partial charge in [0.05, 0.1) is 0 Å². The van der Waals surface area contributed by atoms with Crippen LogP contribution in [0.2, 0.25) is 0 Å². The number of benzene rings is 2. The van der Waals surface area contributed by atoms with Crippen molar-refractivity contribution in [1.29, 1.82) is 0 Å². The molecular formula is C22H20N6O. The highest BCUT2D eigenvalue weighted by Crippen LogP contribution is 2.29. The maximum absolute atomic E-state index is 12.8. The lowest BCUT2D eigenvalue weighted by Crippen LogP contribution is -2.25. The summed E-state index contributed by atoms with van der Waals surface area (Å²) in [6.45, 7) is 0. The smallest absolute Gasteiger partial charge is 0.146 e. The number of nitrogens with zero attached hydrogens (tertiary/aromatic N) is 6. The molecule has 0 amide bonds. The first kappa shape index (κ1) is 20.0. The number of hydrogen-bond acceptors (Lipinski definition) is 3. The van der Waals surface area contributed by atoms with E-state index in [0.717, 1.165) is 30.4 Å². The summed E-state index contributed by atoms with van der Waals surface area (Å²) in [5, 5.41) is 7.11. The number of allylic oxidation sites excluding steroid dienone is 2. The van der Waals surface area contributed by atoms with Crippen molar-refractivity contribution < 1.29 is 4.79 Å². The summed E-state index contributed by atoms with van der Waals surface area (Å²) >= 11 is 0. The molecule has 7 nitrogen and oxygen atoms in total. The fourth-order valence-corrected chi connectivity index (χ4v) is 3.36. The van der Waals surface area contributed by atoms with Crippen LogP contribution in [0.25, 0.3) is 33.0 Å². The summed E-state index contributed by atoms with van der Waals surface area (Å²) in [5.74, 6) is 0.0465. The zero-order valence-corrected chi connectivity index (χ0v) is 15.8. The van der Waals surface area contributed by atoms with Crippen molar-refractivity contribution in [2.24, 2.45) is 22.1 Å². The average Bonchev–Trinajstić information content (AvgIpc) is 2.75. The van der Waals surface area contributed by atoms with Gasteiger partial charge in [0, 0.05) is 33.0 Å². The van der Waals surface area contributed by atoms with Gasteiger partial charge in [-0.05, 0) is 35.0 Å². The summed E-state index contributed by atoms with van der Waals surface area (Å²) in [5.41, 5.74) is 20.0. The Kier molecular flexibility index (Phi) is 6.85. The van der Waals surface area contributed by atoms with Crippen molar-refractivity contribution in [2.45, 2.75) is 19.3 Å². The van der Waals surface area contributed by atoms with Crippen LogP contribution in [0.4, 0.5) is 11.4 Å². The Morgan fingerprint density at radius 2 is 1.17 bits per heavy atom. The maximum atomic E-state index is 12.8. The first-order valence-corrected chi connectivity index (χ1v) is 9.40. The molecule has 0 N–H and O–H groups in total. The van der Waals surface area contributed by atoms with Gasteiger partial charge >= 0.3 is 0 Å². The van der Waals surface area contributed by atoms with Gasteiger partial charge in [-0.2, -0.15) is 0 Å². The SMILES string of the molecule is [N-]=[N+]=Nc1ccc(C=CC2CCCC(C=Cc3ccc(N=[N+]=[N-])cc3)C2=O)cc1. The predicted octanol–water partition coefficient (Wildman–Crippen LogP) is 7.28. The van der Waals surface area contributed by atoms with Crippen molar-refractivity contribution in [3.05, 3.63) is 92.7 Å². The first-order chi connectivity index (χ1) is 14.2. The maximum Gasteiger partial charge on any atom is 0.146 e. The van der Waals surface area contributed by atoms with E-state index in [1.807, 2.05) is 48.6 Å². The van der Waals surface area contributed by atoms with E-state index in [2.05, 4.69) is 20.1 Å². The highest BCUT2D eigenvalue weighted by molar-refractivity contribution is 5.88. The van der Waals surface area contributed by atoms with E-state index in [0.29, 0.717) is 11.4 Å². The molecule has 0 saturated heterocycles. The molecule has 0 heterocycles. The van der Waals surface area contributed by atoms with Crippen molar-refractivity contribution in [2.75, 3.05) is 0 Å². The number of rotatable bonds is 6. The van der Waals surface area contributed by atoms with E-state index in [4.69, 9.17) is 11.1 Å². The fourth-order valence-electron chi connectivity index (χ4n) is 3.36. The molecule has 3 rings (SSSR count). The molecule has 2 atom stereocenters. The van der Waals surface area contributed by atoms with Crippen LogP contribution in [0.3, 0.4) is 0 Å². The number of ketones is 1. The second-order valence-corrected chi connectivity index (χ2v) is 6.83. The Morgan fingerprint density at radius 3 is 1.55 bits per heavy atom. The monoisotopic (exact) mass is 384 g/mol. The molecule has 2 unspecified atom stereocenters. The van der Waals surface area contributed by atoms with Crippen LogP contribution in [0.1, 0.15) is 30.4 Å². The van der Waals surface area contributed by atoms with Gasteiger partial charge in [-0.1, -0.05) is 89.5 Å². The first-order valence-electron chi connectivity index (χ1n) is 9.40. The number of azide groups is 2. The third kappa shape index (κ3) is 5.59. The largest absolute Gasteiger partial charge is 0.298 e. The van der Waals surface area contributed by atoms with Gasteiger partial charge in [-0.15, -0.1) is 0 Å². The van der Waals surface area contributed by atoms with Crippen LogP contribution in [0.5, 0.6) is 0 Å². The lowest BCUT2D eigenvalue weighted by atomic mass is 9.79. The van der Waals surface area contributed by atoms with E-state index in [1.54, 1.807) is 24.3 Å². The molecule has 0 spiro atoms. The second-order valence-electron chi connectivity index (χ2n) is 6.83. The predicted molar refractivity (Wildman–Crippen MR) is 114 cm³/mol. The topological polar surface area (TPSA) is 115 Å². The minimum Gasteiger partial charge on any atom is -0.298 e. The summed E-state index contributed by atoms with van der Waals surface area (Å²) in [6.07, 6.45) is 10.6. The Hall–Kier alpha value is -3.79. The third-order valence-corrected chi connectivity index (χ3v) is 4.91. The minimum absolute atomic E-state index is 0.0949. The standard InChI is InChI=1S/C22H20N6O/c23-27-25-20-12-6-16(7-13-20)4-10-18-2-1-3-19(22(18)29)11-5-17-8-14-21(15-9-17)26-28-24/h4-15,18-19H,1-3H2. The fraction of sp³-hybridized carbons (Fsp3) is 0.227. The number of carbonyl (C=O) groups is 1. The highest BCUT2D eigenvalue weighted by Gasteiger charge is 2.27. The summed E-state index contributed by atoms with van der Waals surface area (Å²) in [6, 6.07) is 14.5. The lowest BCUT2D eigenvalue weighted by molar-refractivity contribution is -0.125. The summed E-state index contributed by atoms with van der Waals surface area (Å²) < 4.78 is 0. The minimum atomic E-state index is -0.0949. The Morgan fingerprint density at radius 1 is 0.759 bits per heavy atom. The molecule has 1 saturated carbocycles. The van der Waals surface area contributed by atoms with Crippen LogP contribution in [-0.4, -0.2) is 5.78 Å². The Balaban J connectivity index is 1.64. The van der Waals surface area contributed by atoms with Gasteiger partial charge in [0.1, 0.15) is 5.78 Å². The molecule has 29 heavy (non-hydrogen) atoms. The van der Waals surface area contributed by atoms with Gasteiger partial charge in [0.2, 0.25) is 0 Å². The van der Waals surface area contributed by atoms with Crippen LogP contribution >= 0.6 is 0 Å². The Bertz CT molecular complexity index is 929. The highest BCUT2D eigenvalue weighted by atomic mass is 16.1. The molecule has 2 aromatic rings. The second kappa shape index (κ2) is 9.95. The van der Waals surface area contributed by atoms with Crippen molar-refractivity contribution in [1.82, 2.24) is 0 Å². The molecule has 1 aliphatic carbocycles. The summed E-state index contributed by atoms with van der Waals surface area (Å²) in [4.78, 5) is 18.4. The molecule has 0 aliphatic heterocycles. The van der Waals surface area contributed by atoms with Gasteiger partial charge in [-0.25, -0.2) is 0 Å². The molecule has 1 aliphatic rings. The van der Waals surface area contributed by atoms with Gasteiger partial charge in [0.15, 0.2) is 0 Å². The zero-order chi connectivity index (χ0) is 20.5. The van der Waals surface area contributed by atoms with Crippen LogP contribution in [0.15, 0.2) is 70.9 Å². The van der Waals surface area contributed by atoms with E-state index < -0.39 is 0 Å². The van der Waals surface area contributed by atoms with Gasteiger partial charge in [-0.3, -0.25) is 4.79 Å². The summed E-state index contributed by atoms with van der Waals surface area (Å²) in [7, 11) is 0. The molecular weight excluding hydrogens is 364 g/mol. The molecule has 1 fully saturated rings. The average molecular weight is 384 g/mol.